The summed E-state index contributed by atoms with van der Waals surface area (Å²) in [5, 5.41) is 7.52. The van der Waals surface area contributed by atoms with E-state index in [1.54, 1.807) is 0 Å². The maximum absolute atomic E-state index is 4.85. The van der Waals surface area contributed by atoms with Crippen molar-refractivity contribution in [3.05, 3.63) is 188 Å². The molecule has 0 fully saturated rings. The van der Waals surface area contributed by atoms with Crippen LogP contribution in [0.4, 0.5) is 0 Å². The lowest BCUT2D eigenvalue weighted by Gasteiger charge is -2.19. The molecule has 5 aromatic heterocycles. The van der Waals surface area contributed by atoms with Gasteiger partial charge in [0.25, 0.3) is 0 Å². The molecule has 0 saturated carbocycles. The van der Waals surface area contributed by atoms with Crippen LogP contribution in [0.15, 0.2) is 188 Å². The minimum atomic E-state index is 0.887. The molecule has 0 unspecified atom stereocenters. The molecule has 57 heavy (non-hydrogen) atoms. The van der Waals surface area contributed by atoms with Gasteiger partial charge in [0.1, 0.15) is 0 Å². The van der Waals surface area contributed by atoms with Gasteiger partial charge in [0.05, 0.1) is 38.8 Å². The first-order valence-electron chi connectivity index (χ1n) is 19.6. The molecule has 5 heterocycles. The van der Waals surface area contributed by atoms with E-state index >= 15 is 0 Å². The van der Waals surface area contributed by atoms with E-state index in [1.165, 1.54) is 76.8 Å². The standard InChI is InChI=1S/C52H35N5/c1-6-19-47-40(14-1)41-15-2-7-20-48(41)55(47)37-12-11-13-38(30-37)56-51-23-10-5-18-44(51)45-29-34(24-25-52(45)56)35-28-36(33-53-32-35)46-31-39(26-27-54-46)57-49-21-8-3-16-42(49)43-17-4-9-22-50(43)57/h1-10,12,14-33H,11,13H2. The summed E-state index contributed by atoms with van der Waals surface area (Å²) in [6, 6.07) is 56.9. The lowest BCUT2D eigenvalue weighted by Crippen LogP contribution is -2.04. The molecule has 5 heteroatoms. The summed E-state index contributed by atoms with van der Waals surface area (Å²) in [7, 11) is 0. The number of nitrogens with zero attached hydrogens (tertiary/aromatic N) is 5. The van der Waals surface area contributed by atoms with Gasteiger partial charge in [-0.05, 0) is 85.1 Å². The summed E-state index contributed by atoms with van der Waals surface area (Å²) in [4.78, 5) is 9.61. The van der Waals surface area contributed by atoms with Crippen molar-refractivity contribution in [2.75, 3.05) is 0 Å². The minimum Gasteiger partial charge on any atom is -0.313 e. The van der Waals surface area contributed by atoms with Crippen molar-refractivity contribution in [2.24, 2.45) is 0 Å². The second-order valence-corrected chi connectivity index (χ2v) is 15.0. The molecule has 268 valence electrons. The van der Waals surface area contributed by atoms with Gasteiger partial charge in [-0.1, -0.05) is 103 Å². The highest BCUT2D eigenvalue weighted by atomic mass is 15.0. The highest BCUT2D eigenvalue weighted by Crippen LogP contribution is 2.40. The van der Waals surface area contributed by atoms with Crippen LogP contribution in [0.3, 0.4) is 0 Å². The molecule has 0 amide bonds. The largest absolute Gasteiger partial charge is 0.313 e. The van der Waals surface area contributed by atoms with Gasteiger partial charge in [-0.15, -0.1) is 0 Å². The smallest absolute Gasteiger partial charge is 0.0738 e. The van der Waals surface area contributed by atoms with Crippen molar-refractivity contribution in [3.8, 4) is 28.1 Å². The Labute approximate surface area is 328 Å². The second kappa shape index (κ2) is 12.5. The molecular formula is C52H35N5. The van der Waals surface area contributed by atoms with Crippen LogP contribution >= 0.6 is 0 Å². The Hall–Kier alpha value is -7.50. The fourth-order valence-corrected chi connectivity index (χ4v) is 9.32. The van der Waals surface area contributed by atoms with Gasteiger partial charge in [-0.25, -0.2) is 0 Å². The van der Waals surface area contributed by atoms with E-state index in [0.717, 1.165) is 40.9 Å². The molecule has 0 spiro atoms. The Kier molecular flexibility index (Phi) is 6.99. The van der Waals surface area contributed by atoms with Crippen LogP contribution in [0.1, 0.15) is 12.8 Å². The maximum atomic E-state index is 4.85. The first-order chi connectivity index (χ1) is 28.3. The van der Waals surface area contributed by atoms with Crippen LogP contribution in [0, 0.1) is 0 Å². The first kappa shape index (κ1) is 31.8. The molecule has 5 nitrogen and oxygen atoms in total. The lowest BCUT2D eigenvalue weighted by atomic mass is 10.0. The monoisotopic (exact) mass is 729 g/mol. The predicted molar refractivity (Wildman–Crippen MR) is 237 cm³/mol. The van der Waals surface area contributed by atoms with Crippen molar-refractivity contribution in [1.29, 1.82) is 0 Å². The zero-order chi connectivity index (χ0) is 37.5. The third kappa shape index (κ3) is 4.89. The summed E-state index contributed by atoms with van der Waals surface area (Å²) < 4.78 is 7.25. The highest BCUT2D eigenvalue weighted by molar-refractivity contribution is 6.13. The van der Waals surface area contributed by atoms with Gasteiger partial charge >= 0.3 is 0 Å². The molecule has 12 rings (SSSR count). The molecule has 6 aromatic carbocycles. The van der Waals surface area contributed by atoms with E-state index in [2.05, 4.69) is 184 Å². The van der Waals surface area contributed by atoms with Gasteiger partial charge in [-0.2, -0.15) is 0 Å². The summed E-state index contributed by atoms with van der Waals surface area (Å²) >= 11 is 0. The Morgan fingerprint density at radius 2 is 0.947 bits per heavy atom. The van der Waals surface area contributed by atoms with Crippen LogP contribution in [-0.4, -0.2) is 23.7 Å². The second-order valence-electron chi connectivity index (χ2n) is 15.0. The van der Waals surface area contributed by atoms with Crippen LogP contribution in [0.25, 0.3) is 105 Å². The van der Waals surface area contributed by atoms with E-state index in [-0.39, 0.29) is 0 Å². The number of hydrogen-bond acceptors (Lipinski definition) is 2. The SMILES string of the molecule is C1=C(n2c3ccccc3c3ccccc32)C=C(n2c3ccccc3c3cc(-c4cncc(-c5cc(-n6c7ccccc7c7ccccc76)ccn5)c4)ccc32)CC1. The van der Waals surface area contributed by atoms with E-state index < -0.39 is 0 Å². The summed E-state index contributed by atoms with van der Waals surface area (Å²) in [5.74, 6) is 0. The fourth-order valence-electron chi connectivity index (χ4n) is 9.32. The van der Waals surface area contributed by atoms with Gasteiger partial charge in [-0.3, -0.25) is 9.97 Å². The van der Waals surface area contributed by atoms with Crippen molar-refractivity contribution >= 4 is 76.8 Å². The van der Waals surface area contributed by atoms with Crippen LogP contribution in [-0.2, 0) is 0 Å². The Morgan fingerprint density at radius 1 is 0.421 bits per heavy atom. The number of benzene rings is 6. The van der Waals surface area contributed by atoms with E-state index in [9.17, 15) is 0 Å². The third-order valence-corrected chi connectivity index (χ3v) is 11.8. The average Bonchev–Trinajstić information content (AvgIpc) is 3.92. The van der Waals surface area contributed by atoms with Gasteiger partial charge in [0, 0.05) is 79.1 Å². The molecule has 1 aliphatic carbocycles. The minimum absolute atomic E-state index is 0.887. The highest BCUT2D eigenvalue weighted by Gasteiger charge is 2.20. The zero-order valence-corrected chi connectivity index (χ0v) is 31.0. The Bertz CT molecular complexity index is 3370. The lowest BCUT2D eigenvalue weighted by molar-refractivity contribution is 0.969. The molecule has 0 saturated heterocycles. The molecule has 0 aliphatic heterocycles. The topological polar surface area (TPSA) is 40.6 Å². The van der Waals surface area contributed by atoms with E-state index in [0.29, 0.717) is 0 Å². The molecule has 11 aromatic rings. The maximum Gasteiger partial charge on any atom is 0.0738 e. The normalized spacial score (nSPS) is 13.3. The van der Waals surface area contributed by atoms with Crippen molar-refractivity contribution in [3.63, 3.8) is 0 Å². The number of para-hydroxylation sites is 5. The van der Waals surface area contributed by atoms with Crippen molar-refractivity contribution < 1.29 is 0 Å². The van der Waals surface area contributed by atoms with E-state index in [1.807, 2.05) is 18.6 Å². The van der Waals surface area contributed by atoms with E-state index in [4.69, 9.17) is 9.97 Å². The van der Waals surface area contributed by atoms with Crippen molar-refractivity contribution in [1.82, 2.24) is 23.7 Å². The fraction of sp³-hybridized carbons (Fsp3) is 0.0385. The number of fused-ring (bicyclic) bond motifs is 9. The number of pyridine rings is 2. The predicted octanol–water partition coefficient (Wildman–Crippen LogP) is 13.3. The van der Waals surface area contributed by atoms with Crippen LogP contribution in [0.5, 0.6) is 0 Å². The molecule has 0 radical (unpaired) electrons. The molecule has 0 atom stereocenters. The summed E-state index contributed by atoms with van der Waals surface area (Å²) in [6.07, 6.45) is 12.5. The molecule has 0 bridgehead atoms. The quantitative estimate of drug-likeness (QED) is 0.177. The molecule has 1 aliphatic rings. The summed E-state index contributed by atoms with van der Waals surface area (Å²) in [5.41, 5.74) is 14.9. The Balaban J connectivity index is 0.953. The molecule has 0 N–H and O–H groups in total. The number of aromatic nitrogens is 5. The van der Waals surface area contributed by atoms with Gasteiger partial charge < -0.3 is 13.7 Å². The number of allylic oxidation sites excluding steroid dienone is 4. The van der Waals surface area contributed by atoms with Gasteiger partial charge in [0.2, 0.25) is 0 Å². The van der Waals surface area contributed by atoms with Crippen LogP contribution < -0.4 is 0 Å². The summed E-state index contributed by atoms with van der Waals surface area (Å²) in [6.45, 7) is 0. The number of hydrogen-bond donors (Lipinski definition) is 0. The van der Waals surface area contributed by atoms with Crippen molar-refractivity contribution in [2.45, 2.75) is 12.8 Å². The average molecular weight is 730 g/mol. The third-order valence-electron chi connectivity index (χ3n) is 11.8. The Morgan fingerprint density at radius 3 is 1.58 bits per heavy atom. The van der Waals surface area contributed by atoms with Crippen LogP contribution in [0.2, 0.25) is 0 Å². The first-order valence-corrected chi connectivity index (χ1v) is 19.6. The molecular weight excluding hydrogens is 695 g/mol. The van der Waals surface area contributed by atoms with Gasteiger partial charge in [0.15, 0.2) is 0 Å². The zero-order valence-electron chi connectivity index (χ0n) is 31.0. The number of rotatable bonds is 5.